The number of rotatable bonds is 4. The van der Waals surface area contributed by atoms with Gasteiger partial charge in [0.25, 0.3) is 0 Å². The van der Waals surface area contributed by atoms with Crippen molar-refractivity contribution in [2.45, 2.75) is 52.0 Å². The van der Waals surface area contributed by atoms with Crippen molar-refractivity contribution in [3.63, 3.8) is 0 Å². The number of piperidine rings is 1. The number of hydrogen-bond donors (Lipinski definition) is 1. The molecular formula is C14H23N3O. The van der Waals surface area contributed by atoms with Gasteiger partial charge in [-0.05, 0) is 38.3 Å². The van der Waals surface area contributed by atoms with Crippen molar-refractivity contribution in [2.24, 2.45) is 0 Å². The van der Waals surface area contributed by atoms with Crippen molar-refractivity contribution in [3.8, 4) is 6.01 Å². The second-order valence-corrected chi connectivity index (χ2v) is 5.33. The normalized spacial score (nSPS) is 20.1. The molecular weight excluding hydrogens is 226 g/mol. The maximum Gasteiger partial charge on any atom is 0.316 e. The maximum absolute atomic E-state index is 5.73. The van der Waals surface area contributed by atoms with Crippen LogP contribution >= 0.6 is 0 Å². The van der Waals surface area contributed by atoms with Gasteiger partial charge in [0, 0.05) is 11.7 Å². The fraction of sp³-hybridized carbons (Fsp3) is 0.714. The van der Waals surface area contributed by atoms with Gasteiger partial charge in [-0.3, -0.25) is 0 Å². The summed E-state index contributed by atoms with van der Waals surface area (Å²) in [5.74, 6) is 0.404. The Labute approximate surface area is 109 Å². The van der Waals surface area contributed by atoms with Crippen molar-refractivity contribution in [3.05, 3.63) is 17.5 Å². The Bertz CT molecular complexity index is 387. The number of hydrogen-bond acceptors (Lipinski definition) is 4. The highest BCUT2D eigenvalue weighted by atomic mass is 16.5. The minimum absolute atomic E-state index is 0.404. The van der Waals surface area contributed by atoms with Gasteiger partial charge >= 0.3 is 6.01 Å². The molecule has 0 amide bonds. The minimum atomic E-state index is 0.404. The molecule has 0 radical (unpaired) electrons. The molecule has 0 aliphatic carbocycles. The van der Waals surface area contributed by atoms with E-state index in [1.54, 1.807) is 0 Å². The molecule has 4 heteroatoms. The molecule has 1 N–H and O–H groups in total. The van der Waals surface area contributed by atoms with Crippen LogP contribution in [0, 0.1) is 6.92 Å². The molecule has 1 aliphatic rings. The van der Waals surface area contributed by atoms with E-state index < -0.39 is 0 Å². The second-order valence-electron chi connectivity index (χ2n) is 5.33. The average Bonchev–Trinajstić information content (AvgIpc) is 2.37. The van der Waals surface area contributed by atoms with Gasteiger partial charge in [-0.25, -0.2) is 4.98 Å². The molecule has 2 rings (SSSR count). The van der Waals surface area contributed by atoms with Gasteiger partial charge in [-0.2, -0.15) is 4.98 Å². The van der Waals surface area contributed by atoms with E-state index >= 15 is 0 Å². The Morgan fingerprint density at radius 3 is 2.89 bits per heavy atom. The fourth-order valence-electron chi connectivity index (χ4n) is 2.17. The molecule has 1 saturated heterocycles. The predicted octanol–water partition coefficient (Wildman–Crippen LogP) is 2.43. The molecule has 0 bridgehead atoms. The van der Waals surface area contributed by atoms with Crippen LogP contribution in [0.5, 0.6) is 6.01 Å². The Hall–Kier alpha value is -1.16. The van der Waals surface area contributed by atoms with Crippen molar-refractivity contribution in [1.82, 2.24) is 15.3 Å². The molecule has 0 saturated carbocycles. The summed E-state index contributed by atoms with van der Waals surface area (Å²) in [5.41, 5.74) is 2.02. The fourth-order valence-corrected chi connectivity index (χ4v) is 2.17. The zero-order valence-electron chi connectivity index (χ0n) is 11.6. The van der Waals surface area contributed by atoms with Gasteiger partial charge in [0.2, 0.25) is 0 Å². The van der Waals surface area contributed by atoms with Gasteiger partial charge in [-0.15, -0.1) is 0 Å². The molecule has 1 unspecified atom stereocenters. The smallest absolute Gasteiger partial charge is 0.316 e. The lowest BCUT2D eigenvalue weighted by Gasteiger charge is -2.23. The summed E-state index contributed by atoms with van der Waals surface area (Å²) in [5, 5.41) is 3.46. The lowest BCUT2D eigenvalue weighted by atomic mass is 10.1. The number of nitrogens with zero attached hydrogens (tertiary/aromatic N) is 2. The quantitative estimate of drug-likeness (QED) is 0.890. The zero-order valence-corrected chi connectivity index (χ0v) is 11.6. The van der Waals surface area contributed by atoms with Crippen LogP contribution in [0.25, 0.3) is 0 Å². The van der Waals surface area contributed by atoms with E-state index in [4.69, 9.17) is 4.74 Å². The van der Waals surface area contributed by atoms with E-state index in [1.165, 1.54) is 19.3 Å². The summed E-state index contributed by atoms with van der Waals surface area (Å²) in [6.07, 6.45) is 3.74. The van der Waals surface area contributed by atoms with Gasteiger partial charge in [-0.1, -0.05) is 20.3 Å². The van der Waals surface area contributed by atoms with E-state index in [0.717, 1.165) is 17.9 Å². The number of ether oxygens (including phenoxy) is 1. The molecule has 18 heavy (non-hydrogen) atoms. The van der Waals surface area contributed by atoms with Gasteiger partial charge in [0.1, 0.15) is 6.61 Å². The van der Waals surface area contributed by atoms with Crippen LogP contribution in [0.1, 0.15) is 50.4 Å². The lowest BCUT2D eigenvalue weighted by molar-refractivity contribution is 0.223. The topological polar surface area (TPSA) is 47.0 Å². The molecule has 0 aromatic carbocycles. The third-order valence-corrected chi connectivity index (χ3v) is 3.27. The Balaban J connectivity index is 1.95. The van der Waals surface area contributed by atoms with Crippen molar-refractivity contribution < 1.29 is 4.74 Å². The molecule has 0 spiro atoms. The molecule has 1 aliphatic heterocycles. The summed E-state index contributed by atoms with van der Waals surface area (Å²) in [7, 11) is 0. The Morgan fingerprint density at radius 1 is 1.39 bits per heavy atom. The van der Waals surface area contributed by atoms with Crippen LogP contribution in [0.2, 0.25) is 0 Å². The molecule has 2 heterocycles. The van der Waals surface area contributed by atoms with Gasteiger partial charge < -0.3 is 10.1 Å². The van der Waals surface area contributed by atoms with E-state index in [1.807, 2.05) is 13.0 Å². The number of aryl methyl sites for hydroxylation is 1. The summed E-state index contributed by atoms with van der Waals surface area (Å²) in [4.78, 5) is 8.80. The minimum Gasteiger partial charge on any atom is -0.462 e. The highest BCUT2D eigenvalue weighted by molar-refractivity contribution is 5.15. The highest BCUT2D eigenvalue weighted by Crippen LogP contribution is 2.16. The van der Waals surface area contributed by atoms with Crippen molar-refractivity contribution >= 4 is 0 Å². The van der Waals surface area contributed by atoms with Crippen molar-refractivity contribution in [1.29, 1.82) is 0 Å². The SMILES string of the molecule is Cc1cc(C(C)C)nc(OCC2CCCCN2)n1. The van der Waals surface area contributed by atoms with Crippen molar-refractivity contribution in [2.75, 3.05) is 13.2 Å². The van der Waals surface area contributed by atoms with Gasteiger partial charge in [0.05, 0.1) is 5.69 Å². The first-order valence-electron chi connectivity index (χ1n) is 6.87. The Kier molecular flexibility index (Phi) is 4.53. The lowest BCUT2D eigenvalue weighted by Crippen LogP contribution is -2.38. The maximum atomic E-state index is 5.73. The second kappa shape index (κ2) is 6.14. The van der Waals surface area contributed by atoms with Crippen LogP contribution in [-0.4, -0.2) is 29.2 Å². The molecule has 1 aromatic heterocycles. The molecule has 1 fully saturated rings. The summed E-state index contributed by atoms with van der Waals surface area (Å²) in [6.45, 7) is 8.02. The predicted molar refractivity (Wildman–Crippen MR) is 72.0 cm³/mol. The highest BCUT2D eigenvalue weighted by Gasteiger charge is 2.14. The average molecular weight is 249 g/mol. The van der Waals surface area contributed by atoms with Crippen LogP contribution in [-0.2, 0) is 0 Å². The first-order chi connectivity index (χ1) is 8.65. The third-order valence-electron chi connectivity index (χ3n) is 3.27. The molecule has 100 valence electrons. The Morgan fingerprint density at radius 2 is 2.22 bits per heavy atom. The largest absolute Gasteiger partial charge is 0.462 e. The summed E-state index contributed by atoms with van der Waals surface area (Å²) in [6, 6.07) is 2.99. The summed E-state index contributed by atoms with van der Waals surface area (Å²) >= 11 is 0. The van der Waals surface area contributed by atoms with Crippen LogP contribution in [0.4, 0.5) is 0 Å². The van der Waals surface area contributed by atoms with E-state index in [9.17, 15) is 0 Å². The molecule has 4 nitrogen and oxygen atoms in total. The monoisotopic (exact) mass is 249 g/mol. The third kappa shape index (κ3) is 3.67. The van der Waals surface area contributed by atoms with E-state index in [0.29, 0.717) is 24.6 Å². The van der Waals surface area contributed by atoms with Gasteiger partial charge in [0.15, 0.2) is 0 Å². The number of aromatic nitrogens is 2. The first-order valence-corrected chi connectivity index (χ1v) is 6.87. The first kappa shape index (κ1) is 13.3. The van der Waals surface area contributed by atoms with E-state index in [-0.39, 0.29) is 0 Å². The number of nitrogens with one attached hydrogen (secondary N) is 1. The molecule has 1 atom stereocenters. The van der Waals surface area contributed by atoms with Crippen LogP contribution < -0.4 is 10.1 Å². The summed E-state index contributed by atoms with van der Waals surface area (Å²) < 4.78 is 5.73. The van der Waals surface area contributed by atoms with Crippen LogP contribution in [0.15, 0.2) is 6.07 Å². The van der Waals surface area contributed by atoms with E-state index in [2.05, 4.69) is 29.1 Å². The standard InChI is InChI=1S/C14H23N3O/c1-10(2)13-8-11(3)16-14(17-13)18-9-12-6-4-5-7-15-12/h8,10,12,15H,4-7,9H2,1-3H3. The van der Waals surface area contributed by atoms with Crippen LogP contribution in [0.3, 0.4) is 0 Å². The molecule has 1 aromatic rings. The zero-order chi connectivity index (χ0) is 13.0.